The number of hydrogen-bond acceptors (Lipinski definition) is 3. The van der Waals surface area contributed by atoms with Gasteiger partial charge in [0.05, 0.1) is 6.61 Å². The van der Waals surface area contributed by atoms with Crippen LogP contribution >= 0.6 is 12.4 Å². The number of ether oxygens (including phenoxy) is 1. The van der Waals surface area contributed by atoms with Crippen molar-refractivity contribution in [2.45, 2.75) is 19.4 Å². The highest BCUT2D eigenvalue weighted by Crippen LogP contribution is 2.14. The third-order valence-corrected chi connectivity index (χ3v) is 1.98. The predicted octanol–water partition coefficient (Wildman–Crippen LogP) is 1.46. The number of aliphatic carboxylic acids is 1. The summed E-state index contributed by atoms with van der Waals surface area (Å²) in [5, 5.41) is 8.66. The van der Waals surface area contributed by atoms with Gasteiger partial charge in [-0.15, -0.1) is 12.4 Å². The smallest absolute Gasteiger partial charge is 0.320 e. The van der Waals surface area contributed by atoms with Crippen LogP contribution in [0.3, 0.4) is 0 Å². The predicted molar refractivity (Wildman–Crippen MR) is 64.2 cm³/mol. The molecule has 0 saturated heterocycles. The van der Waals surface area contributed by atoms with Crippen LogP contribution < -0.4 is 10.5 Å². The molecular formula is C11H16ClNO3. The fraction of sp³-hybridized carbons (Fsp3) is 0.364. The van der Waals surface area contributed by atoms with E-state index in [2.05, 4.69) is 0 Å². The molecule has 0 heterocycles. The number of carboxylic acid groups (broad SMARTS) is 1. The molecule has 16 heavy (non-hydrogen) atoms. The van der Waals surface area contributed by atoms with Gasteiger partial charge in [0, 0.05) is 0 Å². The minimum atomic E-state index is -0.989. The third-order valence-electron chi connectivity index (χ3n) is 1.98. The van der Waals surface area contributed by atoms with Gasteiger partial charge in [0.15, 0.2) is 0 Å². The van der Waals surface area contributed by atoms with Crippen molar-refractivity contribution in [3.8, 4) is 5.75 Å². The van der Waals surface area contributed by atoms with E-state index in [1.54, 1.807) is 0 Å². The summed E-state index contributed by atoms with van der Waals surface area (Å²) in [4.78, 5) is 10.6. The molecule has 90 valence electrons. The van der Waals surface area contributed by atoms with Gasteiger partial charge in [0.1, 0.15) is 11.8 Å². The molecule has 0 aliphatic carbocycles. The molecule has 0 fully saturated rings. The second kappa shape index (κ2) is 7.09. The van der Waals surface area contributed by atoms with Crippen molar-refractivity contribution >= 4 is 18.4 Å². The normalized spacial score (nSPS) is 11.4. The molecule has 0 saturated carbocycles. The average Bonchev–Trinajstić information content (AvgIpc) is 2.18. The van der Waals surface area contributed by atoms with E-state index in [-0.39, 0.29) is 12.4 Å². The van der Waals surface area contributed by atoms with Gasteiger partial charge in [-0.05, 0) is 31.0 Å². The van der Waals surface area contributed by atoms with Crippen molar-refractivity contribution in [2.75, 3.05) is 6.61 Å². The quantitative estimate of drug-likeness (QED) is 0.824. The number of rotatable bonds is 5. The SMILES string of the molecule is CCOc1cccc(C[C@@H](N)C(=O)O)c1.Cl. The van der Waals surface area contributed by atoms with Crippen LogP contribution in [0.25, 0.3) is 0 Å². The third kappa shape index (κ3) is 4.51. The van der Waals surface area contributed by atoms with Crippen molar-refractivity contribution in [3.63, 3.8) is 0 Å². The van der Waals surface area contributed by atoms with Crippen LogP contribution in [0.4, 0.5) is 0 Å². The highest BCUT2D eigenvalue weighted by Gasteiger charge is 2.12. The summed E-state index contributed by atoms with van der Waals surface area (Å²) < 4.78 is 5.30. The number of halogens is 1. The van der Waals surface area contributed by atoms with Crippen molar-refractivity contribution in [3.05, 3.63) is 29.8 Å². The lowest BCUT2D eigenvalue weighted by Gasteiger charge is -2.08. The Morgan fingerprint density at radius 3 is 2.81 bits per heavy atom. The first kappa shape index (κ1) is 14.7. The number of nitrogens with two attached hydrogens (primary N) is 1. The second-order valence-electron chi connectivity index (χ2n) is 3.23. The van der Waals surface area contributed by atoms with Gasteiger partial charge < -0.3 is 15.6 Å². The molecular weight excluding hydrogens is 230 g/mol. The van der Waals surface area contributed by atoms with Crippen LogP contribution in [0.1, 0.15) is 12.5 Å². The lowest BCUT2D eigenvalue weighted by Crippen LogP contribution is -2.32. The summed E-state index contributed by atoms with van der Waals surface area (Å²) in [5.74, 6) is -0.246. The van der Waals surface area contributed by atoms with Crippen molar-refractivity contribution in [1.82, 2.24) is 0 Å². The summed E-state index contributed by atoms with van der Waals surface area (Å²) in [6, 6.07) is 6.45. The standard InChI is InChI=1S/C11H15NO3.ClH/c1-2-15-9-5-3-4-8(6-9)7-10(12)11(13)14;/h3-6,10H,2,7,12H2,1H3,(H,13,14);1H/t10-;/m1./s1. The van der Waals surface area contributed by atoms with Crippen LogP contribution in [0.5, 0.6) is 5.75 Å². The van der Waals surface area contributed by atoms with E-state index in [1.165, 1.54) is 0 Å². The maximum atomic E-state index is 10.6. The van der Waals surface area contributed by atoms with Gasteiger partial charge >= 0.3 is 5.97 Å². The Bertz CT molecular complexity index is 344. The van der Waals surface area contributed by atoms with Gasteiger partial charge in [0.2, 0.25) is 0 Å². The van der Waals surface area contributed by atoms with Crippen molar-refractivity contribution < 1.29 is 14.6 Å². The molecule has 0 bridgehead atoms. The van der Waals surface area contributed by atoms with E-state index in [0.29, 0.717) is 13.0 Å². The molecule has 1 rings (SSSR count). The van der Waals surface area contributed by atoms with E-state index < -0.39 is 12.0 Å². The molecule has 0 aliphatic heterocycles. The van der Waals surface area contributed by atoms with E-state index in [1.807, 2.05) is 31.2 Å². The van der Waals surface area contributed by atoms with E-state index in [9.17, 15) is 4.79 Å². The highest BCUT2D eigenvalue weighted by atomic mass is 35.5. The summed E-state index contributed by atoms with van der Waals surface area (Å²) >= 11 is 0. The zero-order valence-corrected chi connectivity index (χ0v) is 9.87. The Hall–Kier alpha value is -1.26. The Kier molecular flexibility index (Phi) is 6.53. The molecule has 0 radical (unpaired) electrons. The Balaban J connectivity index is 0.00000225. The van der Waals surface area contributed by atoms with Gasteiger partial charge in [-0.25, -0.2) is 0 Å². The first-order chi connectivity index (χ1) is 7.13. The van der Waals surface area contributed by atoms with Crippen LogP contribution in [0.15, 0.2) is 24.3 Å². The van der Waals surface area contributed by atoms with Crippen LogP contribution in [-0.4, -0.2) is 23.7 Å². The molecule has 1 aromatic rings. The molecule has 5 heteroatoms. The molecule has 0 aliphatic rings. The van der Waals surface area contributed by atoms with Crippen LogP contribution in [-0.2, 0) is 11.2 Å². The molecule has 0 amide bonds. The summed E-state index contributed by atoms with van der Waals surface area (Å²) in [6.45, 7) is 2.49. The fourth-order valence-electron chi connectivity index (χ4n) is 1.27. The molecule has 4 nitrogen and oxygen atoms in total. The van der Waals surface area contributed by atoms with Gasteiger partial charge in [0.25, 0.3) is 0 Å². The molecule has 0 spiro atoms. The number of carboxylic acids is 1. The summed E-state index contributed by atoms with van der Waals surface area (Å²) in [7, 11) is 0. The fourth-order valence-corrected chi connectivity index (χ4v) is 1.27. The van der Waals surface area contributed by atoms with Gasteiger partial charge in [-0.3, -0.25) is 4.79 Å². The minimum Gasteiger partial charge on any atom is -0.494 e. The van der Waals surface area contributed by atoms with Gasteiger partial charge in [-0.1, -0.05) is 12.1 Å². The highest BCUT2D eigenvalue weighted by molar-refractivity contribution is 5.85. The summed E-state index contributed by atoms with van der Waals surface area (Å²) in [5.41, 5.74) is 6.30. The number of carbonyl (C=O) groups is 1. The second-order valence-corrected chi connectivity index (χ2v) is 3.23. The largest absolute Gasteiger partial charge is 0.494 e. The molecule has 1 aromatic carbocycles. The number of hydrogen-bond donors (Lipinski definition) is 2. The lowest BCUT2D eigenvalue weighted by atomic mass is 10.1. The lowest BCUT2D eigenvalue weighted by molar-refractivity contribution is -0.138. The zero-order valence-electron chi connectivity index (χ0n) is 9.05. The van der Waals surface area contributed by atoms with Crippen LogP contribution in [0, 0.1) is 0 Å². The Labute approximate surface area is 101 Å². The topological polar surface area (TPSA) is 72.5 Å². The van der Waals surface area contributed by atoms with E-state index >= 15 is 0 Å². The molecule has 0 unspecified atom stereocenters. The van der Waals surface area contributed by atoms with Crippen LogP contribution in [0.2, 0.25) is 0 Å². The first-order valence-corrected chi connectivity index (χ1v) is 4.83. The molecule has 3 N–H and O–H groups in total. The summed E-state index contributed by atoms with van der Waals surface area (Å²) in [6.07, 6.45) is 0.316. The van der Waals surface area contributed by atoms with Crippen molar-refractivity contribution in [2.24, 2.45) is 5.73 Å². The molecule has 1 atom stereocenters. The van der Waals surface area contributed by atoms with E-state index in [4.69, 9.17) is 15.6 Å². The van der Waals surface area contributed by atoms with Gasteiger partial charge in [-0.2, -0.15) is 0 Å². The minimum absolute atomic E-state index is 0. The molecule has 0 aromatic heterocycles. The van der Waals surface area contributed by atoms with E-state index in [0.717, 1.165) is 11.3 Å². The first-order valence-electron chi connectivity index (χ1n) is 4.83. The monoisotopic (exact) mass is 245 g/mol. The Morgan fingerprint density at radius 1 is 1.56 bits per heavy atom. The Morgan fingerprint density at radius 2 is 2.25 bits per heavy atom. The zero-order chi connectivity index (χ0) is 11.3. The average molecular weight is 246 g/mol. The maximum Gasteiger partial charge on any atom is 0.320 e. The number of benzene rings is 1. The van der Waals surface area contributed by atoms with Crippen molar-refractivity contribution in [1.29, 1.82) is 0 Å². The maximum absolute atomic E-state index is 10.6.